The molecule has 114 valence electrons. The van der Waals surface area contributed by atoms with Gasteiger partial charge in [0.1, 0.15) is 5.75 Å². The summed E-state index contributed by atoms with van der Waals surface area (Å²) in [5, 5.41) is 11.1. The van der Waals surface area contributed by atoms with Gasteiger partial charge in [-0.3, -0.25) is 9.59 Å². The zero-order chi connectivity index (χ0) is 15.6. The monoisotopic (exact) mass is 314 g/mol. The minimum absolute atomic E-state index is 0.0794. The van der Waals surface area contributed by atoms with E-state index in [2.05, 4.69) is 10.0 Å². The Morgan fingerprint density at radius 2 is 2.24 bits per heavy atom. The van der Waals surface area contributed by atoms with Crippen molar-refractivity contribution in [1.29, 1.82) is 0 Å². The lowest BCUT2D eigenvalue weighted by atomic mass is 10.2. The molecule has 0 saturated carbocycles. The van der Waals surface area contributed by atoms with Gasteiger partial charge in [-0.2, -0.15) is 0 Å². The van der Waals surface area contributed by atoms with Gasteiger partial charge in [-0.25, -0.2) is 13.1 Å². The maximum absolute atomic E-state index is 12.1. The van der Waals surface area contributed by atoms with Gasteiger partial charge >= 0.3 is 5.97 Å². The molecular weight excluding hydrogens is 300 g/mol. The highest BCUT2D eigenvalue weighted by Crippen LogP contribution is 2.30. The number of amides is 1. The highest BCUT2D eigenvalue weighted by molar-refractivity contribution is 7.89. The van der Waals surface area contributed by atoms with Crippen LogP contribution in [0.15, 0.2) is 23.1 Å². The number of nitrogens with one attached hydrogen (secondary N) is 2. The smallest absolute Gasteiger partial charge is 0.304 e. The Labute approximate surface area is 121 Å². The predicted molar refractivity (Wildman–Crippen MR) is 72.6 cm³/mol. The fourth-order valence-corrected chi connectivity index (χ4v) is 3.14. The second kappa shape index (κ2) is 5.70. The number of carbonyl (C=O) groups excluding carboxylic acids is 1. The van der Waals surface area contributed by atoms with Gasteiger partial charge in [-0.05, 0) is 25.1 Å². The van der Waals surface area contributed by atoms with Gasteiger partial charge in [0.2, 0.25) is 10.0 Å². The molecule has 1 amide bonds. The number of anilines is 1. The molecule has 1 aliphatic heterocycles. The number of carbonyl (C=O) groups is 2. The van der Waals surface area contributed by atoms with Gasteiger partial charge in [0.25, 0.3) is 5.91 Å². The van der Waals surface area contributed by atoms with E-state index in [1.807, 2.05) is 0 Å². The van der Waals surface area contributed by atoms with Crippen molar-refractivity contribution < 1.29 is 27.9 Å². The first kappa shape index (κ1) is 15.3. The zero-order valence-corrected chi connectivity index (χ0v) is 11.9. The zero-order valence-electron chi connectivity index (χ0n) is 11.1. The highest BCUT2D eigenvalue weighted by atomic mass is 32.2. The number of carboxylic acids is 1. The topological polar surface area (TPSA) is 122 Å². The molecule has 1 heterocycles. The van der Waals surface area contributed by atoms with Crippen molar-refractivity contribution in [3.8, 4) is 5.75 Å². The number of fused-ring (bicyclic) bond motifs is 1. The second-order valence-corrected chi connectivity index (χ2v) is 6.33. The number of ether oxygens (including phenoxy) is 1. The van der Waals surface area contributed by atoms with E-state index in [-0.39, 0.29) is 29.5 Å². The molecule has 3 N–H and O–H groups in total. The fraction of sp³-hybridized carbons (Fsp3) is 0.333. The van der Waals surface area contributed by atoms with Gasteiger partial charge in [-0.1, -0.05) is 0 Å². The molecule has 0 spiro atoms. The van der Waals surface area contributed by atoms with Crippen LogP contribution in [0.3, 0.4) is 0 Å². The van der Waals surface area contributed by atoms with Crippen LogP contribution in [0.1, 0.15) is 13.3 Å². The largest absolute Gasteiger partial charge is 0.482 e. The lowest BCUT2D eigenvalue weighted by molar-refractivity contribution is -0.137. The molecule has 21 heavy (non-hydrogen) atoms. The number of aliphatic carboxylic acids is 1. The lowest BCUT2D eigenvalue weighted by Crippen LogP contribution is -2.34. The number of sulfonamides is 1. The summed E-state index contributed by atoms with van der Waals surface area (Å²) in [4.78, 5) is 21.7. The van der Waals surface area contributed by atoms with Crippen molar-refractivity contribution in [1.82, 2.24) is 4.72 Å². The van der Waals surface area contributed by atoms with Crippen molar-refractivity contribution in [3.63, 3.8) is 0 Å². The van der Waals surface area contributed by atoms with Crippen LogP contribution in [0.25, 0.3) is 0 Å². The third-order valence-corrected chi connectivity index (χ3v) is 4.32. The number of carboxylic acid groups (broad SMARTS) is 1. The Morgan fingerprint density at radius 1 is 1.52 bits per heavy atom. The summed E-state index contributed by atoms with van der Waals surface area (Å²) < 4.78 is 31.7. The Balaban J connectivity index is 2.22. The number of rotatable bonds is 5. The van der Waals surface area contributed by atoms with Gasteiger partial charge in [-0.15, -0.1) is 0 Å². The Hall–Kier alpha value is -2.13. The van der Waals surface area contributed by atoms with Gasteiger partial charge in [0, 0.05) is 6.04 Å². The predicted octanol–water partition coefficient (Wildman–Crippen LogP) is 0.159. The summed E-state index contributed by atoms with van der Waals surface area (Å²) in [6.07, 6.45) is -0.329. The van der Waals surface area contributed by atoms with Gasteiger partial charge in [0.15, 0.2) is 6.61 Å². The molecule has 0 saturated heterocycles. The number of benzene rings is 1. The van der Waals surface area contributed by atoms with E-state index in [9.17, 15) is 18.0 Å². The first-order valence-corrected chi connectivity index (χ1v) is 7.57. The molecule has 1 aliphatic rings. The van der Waals surface area contributed by atoms with Crippen LogP contribution >= 0.6 is 0 Å². The van der Waals surface area contributed by atoms with E-state index < -0.39 is 22.0 Å². The highest BCUT2D eigenvalue weighted by Gasteiger charge is 2.22. The van der Waals surface area contributed by atoms with Gasteiger partial charge in [0.05, 0.1) is 17.0 Å². The van der Waals surface area contributed by atoms with Crippen molar-refractivity contribution in [2.45, 2.75) is 24.3 Å². The van der Waals surface area contributed by atoms with E-state index in [4.69, 9.17) is 9.84 Å². The Kier molecular flexibility index (Phi) is 4.14. The third-order valence-electron chi connectivity index (χ3n) is 2.73. The maximum Gasteiger partial charge on any atom is 0.304 e. The minimum Gasteiger partial charge on any atom is -0.482 e. The molecule has 0 aromatic heterocycles. The summed E-state index contributed by atoms with van der Waals surface area (Å²) in [6.45, 7) is 1.34. The van der Waals surface area contributed by atoms with Crippen molar-refractivity contribution >= 4 is 27.6 Å². The van der Waals surface area contributed by atoms with E-state index in [1.165, 1.54) is 25.1 Å². The third kappa shape index (κ3) is 3.70. The maximum atomic E-state index is 12.1. The lowest BCUT2D eigenvalue weighted by Gasteiger charge is -2.19. The Bertz CT molecular complexity index is 685. The summed E-state index contributed by atoms with van der Waals surface area (Å²) >= 11 is 0. The van der Waals surface area contributed by atoms with Gasteiger partial charge < -0.3 is 15.2 Å². The molecule has 1 unspecified atom stereocenters. The summed E-state index contributed by atoms with van der Waals surface area (Å²) in [7, 11) is -3.88. The van der Waals surface area contributed by atoms with Crippen molar-refractivity contribution in [3.05, 3.63) is 18.2 Å². The van der Waals surface area contributed by atoms with E-state index in [0.717, 1.165) is 0 Å². The van der Waals surface area contributed by atoms with Crippen molar-refractivity contribution in [2.24, 2.45) is 0 Å². The quantitative estimate of drug-likeness (QED) is 0.711. The van der Waals surface area contributed by atoms with E-state index >= 15 is 0 Å². The first-order valence-electron chi connectivity index (χ1n) is 6.09. The molecule has 0 fully saturated rings. The van der Waals surface area contributed by atoms with Crippen LogP contribution in [0.4, 0.5) is 5.69 Å². The molecule has 2 rings (SSSR count). The van der Waals surface area contributed by atoms with Crippen LogP contribution in [-0.4, -0.2) is 38.0 Å². The standard InChI is InChI=1S/C12H14N2O6S/c1-7(4-12(16)17)14-21(18,19)8-2-3-10-9(5-8)13-11(15)6-20-10/h2-3,5,7,14H,4,6H2,1H3,(H,13,15)(H,16,17). The summed E-state index contributed by atoms with van der Waals surface area (Å²) in [6, 6.07) is 3.27. The second-order valence-electron chi connectivity index (χ2n) is 4.62. The van der Waals surface area contributed by atoms with Crippen LogP contribution in [0, 0.1) is 0 Å². The van der Waals surface area contributed by atoms with Crippen LogP contribution in [0.2, 0.25) is 0 Å². The normalized spacial score (nSPS) is 15.6. The number of hydrogen-bond acceptors (Lipinski definition) is 5. The molecule has 8 nitrogen and oxygen atoms in total. The van der Waals surface area contributed by atoms with E-state index in [1.54, 1.807) is 0 Å². The fourth-order valence-electron chi connectivity index (χ4n) is 1.87. The average molecular weight is 314 g/mol. The summed E-state index contributed by atoms with van der Waals surface area (Å²) in [5.41, 5.74) is 0.264. The molecule has 9 heteroatoms. The first-order chi connectivity index (χ1) is 9.78. The molecule has 0 bridgehead atoms. The van der Waals surface area contributed by atoms with Crippen LogP contribution in [0.5, 0.6) is 5.75 Å². The molecule has 1 aromatic rings. The number of hydrogen-bond donors (Lipinski definition) is 3. The van der Waals surface area contributed by atoms with Crippen LogP contribution in [-0.2, 0) is 19.6 Å². The average Bonchev–Trinajstić information content (AvgIpc) is 2.35. The molecular formula is C12H14N2O6S. The molecule has 0 radical (unpaired) electrons. The molecule has 1 atom stereocenters. The minimum atomic E-state index is -3.88. The molecule has 1 aromatic carbocycles. The van der Waals surface area contributed by atoms with Crippen molar-refractivity contribution in [2.75, 3.05) is 11.9 Å². The SMILES string of the molecule is CC(CC(=O)O)NS(=O)(=O)c1ccc2c(c1)NC(=O)CO2. The van der Waals surface area contributed by atoms with Crippen LogP contribution < -0.4 is 14.8 Å². The summed E-state index contributed by atoms with van der Waals surface area (Å²) in [5.74, 6) is -1.09. The van der Waals surface area contributed by atoms with E-state index in [0.29, 0.717) is 5.75 Å². The Morgan fingerprint density at radius 3 is 2.90 bits per heavy atom. The molecule has 0 aliphatic carbocycles.